The molecule has 0 fully saturated rings. The van der Waals surface area contributed by atoms with E-state index in [1.807, 2.05) is 30.3 Å². The number of Topliss-reactive ketones (excluding diaryl/α,β-unsaturated/α-hetero) is 1. The lowest BCUT2D eigenvalue weighted by atomic mass is 10.1. The average molecular weight is 264 g/mol. The molecular weight excluding hydrogens is 252 g/mol. The fourth-order valence-electron chi connectivity index (χ4n) is 1.57. The number of carbonyl (C=O) groups excluding carboxylic acids is 2. The number of ketones is 1. The number of rotatable bonds is 4. The Morgan fingerprint density at radius 1 is 1.11 bits per heavy atom. The number of ether oxygens (including phenoxy) is 2. The van der Waals surface area contributed by atoms with Gasteiger partial charge in [-0.05, 0) is 5.56 Å². The van der Waals surface area contributed by atoms with Crippen LogP contribution >= 0.6 is 0 Å². The van der Waals surface area contributed by atoms with Crippen molar-refractivity contribution >= 4 is 11.8 Å². The molecule has 0 radical (unpaired) electrons. The lowest BCUT2D eigenvalue weighted by Crippen LogP contribution is -2.38. The molecule has 0 saturated heterocycles. The smallest absolute Gasteiger partial charge is 0.378 e. The van der Waals surface area contributed by atoms with Crippen LogP contribution in [0, 0.1) is 0 Å². The third kappa shape index (κ3) is 2.92. The van der Waals surface area contributed by atoms with Crippen LogP contribution in [-0.2, 0) is 25.7 Å². The molecule has 0 bridgehead atoms. The van der Waals surface area contributed by atoms with Gasteiger partial charge in [-0.15, -0.1) is 0 Å². The zero-order valence-corrected chi connectivity index (χ0v) is 9.91. The molecule has 100 valence electrons. The van der Waals surface area contributed by atoms with Crippen LogP contribution in [0.4, 0.5) is 0 Å². The van der Waals surface area contributed by atoms with E-state index in [0.717, 1.165) is 5.56 Å². The topological polar surface area (TPSA) is 93.1 Å². The minimum absolute atomic E-state index is 0.184. The first kappa shape index (κ1) is 13.1. The van der Waals surface area contributed by atoms with Crippen molar-refractivity contribution in [2.75, 3.05) is 6.61 Å². The largest absolute Gasteiger partial charge is 0.502 e. The summed E-state index contributed by atoms with van der Waals surface area (Å²) < 4.78 is 9.89. The summed E-state index contributed by atoms with van der Waals surface area (Å²) in [7, 11) is 0. The van der Waals surface area contributed by atoms with Crippen LogP contribution in [0.5, 0.6) is 0 Å². The number of benzene rings is 1. The monoisotopic (exact) mass is 264 g/mol. The lowest BCUT2D eigenvalue weighted by Gasteiger charge is -2.20. The summed E-state index contributed by atoms with van der Waals surface area (Å²) in [6.07, 6.45) is -1.23. The number of aliphatic hydroxyl groups excluding tert-OH is 2. The van der Waals surface area contributed by atoms with E-state index in [9.17, 15) is 14.7 Å². The van der Waals surface area contributed by atoms with Gasteiger partial charge in [-0.3, -0.25) is 4.79 Å². The molecule has 1 aliphatic rings. The van der Waals surface area contributed by atoms with Crippen LogP contribution in [0.25, 0.3) is 0 Å². The van der Waals surface area contributed by atoms with E-state index in [-0.39, 0.29) is 13.2 Å². The van der Waals surface area contributed by atoms with E-state index < -0.39 is 29.4 Å². The molecule has 0 aromatic heterocycles. The summed E-state index contributed by atoms with van der Waals surface area (Å²) >= 11 is 0. The van der Waals surface area contributed by atoms with Crippen molar-refractivity contribution in [1.82, 2.24) is 0 Å². The standard InChI is InChI=1S/C13H12O6/c14-10-9(19-13(17)12(16)11(10)15)7-18-6-8-4-2-1-3-5-8/h1-5,9,15-16H,6-7H2. The Kier molecular flexibility index (Phi) is 3.82. The summed E-state index contributed by atoms with van der Waals surface area (Å²) in [6.45, 7) is 0.0649. The molecule has 0 spiro atoms. The first-order valence-electron chi connectivity index (χ1n) is 5.58. The molecule has 2 N–H and O–H groups in total. The molecule has 1 atom stereocenters. The first-order valence-corrected chi connectivity index (χ1v) is 5.58. The van der Waals surface area contributed by atoms with Gasteiger partial charge >= 0.3 is 5.97 Å². The first-order chi connectivity index (χ1) is 9.09. The van der Waals surface area contributed by atoms with Crippen molar-refractivity contribution in [3.8, 4) is 0 Å². The summed E-state index contributed by atoms with van der Waals surface area (Å²) in [5.74, 6) is -4.05. The highest BCUT2D eigenvalue weighted by molar-refractivity contribution is 6.07. The molecule has 2 rings (SSSR count). The van der Waals surface area contributed by atoms with E-state index in [0.29, 0.717) is 0 Å². The van der Waals surface area contributed by atoms with Gasteiger partial charge in [-0.1, -0.05) is 30.3 Å². The van der Waals surface area contributed by atoms with Crippen molar-refractivity contribution < 1.29 is 29.3 Å². The molecule has 6 heteroatoms. The Morgan fingerprint density at radius 2 is 1.79 bits per heavy atom. The van der Waals surface area contributed by atoms with Crippen molar-refractivity contribution in [3.05, 3.63) is 47.4 Å². The molecular formula is C13H12O6. The van der Waals surface area contributed by atoms with Crippen molar-refractivity contribution in [3.63, 3.8) is 0 Å². The van der Waals surface area contributed by atoms with Crippen LogP contribution < -0.4 is 0 Å². The number of carbonyl (C=O) groups is 2. The van der Waals surface area contributed by atoms with Gasteiger partial charge in [0.05, 0.1) is 13.2 Å². The lowest BCUT2D eigenvalue weighted by molar-refractivity contribution is -0.161. The Hall–Kier alpha value is -2.34. The molecule has 1 heterocycles. The number of hydrogen-bond donors (Lipinski definition) is 2. The highest BCUT2D eigenvalue weighted by Crippen LogP contribution is 2.15. The van der Waals surface area contributed by atoms with Gasteiger partial charge < -0.3 is 19.7 Å². The molecule has 1 aromatic carbocycles. The average Bonchev–Trinajstić information content (AvgIpc) is 2.43. The van der Waals surface area contributed by atoms with Crippen LogP contribution in [0.3, 0.4) is 0 Å². The van der Waals surface area contributed by atoms with Gasteiger partial charge in [0.25, 0.3) is 0 Å². The summed E-state index contributed by atoms with van der Waals surface area (Å²) in [4.78, 5) is 22.6. The minimum Gasteiger partial charge on any atom is -0.502 e. The number of aliphatic hydroxyl groups is 2. The van der Waals surface area contributed by atoms with Gasteiger partial charge in [0.15, 0.2) is 6.10 Å². The summed E-state index contributed by atoms with van der Waals surface area (Å²) in [6, 6.07) is 9.24. The number of esters is 1. The van der Waals surface area contributed by atoms with Crippen LogP contribution in [0.15, 0.2) is 41.9 Å². The SMILES string of the molecule is O=C1OC(COCc2ccccc2)C(=O)C(O)=C1O. The summed E-state index contributed by atoms with van der Waals surface area (Å²) in [5, 5.41) is 18.3. The van der Waals surface area contributed by atoms with Gasteiger partial charge in [0, 0.05) is 0 Å². The normalized spacial score (nSPS) is 19.5. The van der Waals surface area contributed by atoms with Crippen molar-refractivity contribution in [1.29, 1.82) is 0 Å². The molecule has 1 aromatic rings. The fraction of sp³-hybridized carbons (Fsp3) is 0.231. The highest BCUT2D eigenvalue weighted by Gasteiger charge is 2.36. The van der Waals surface area contributed by atoms with Gasteiger partial charge in [0.1, 0.15) is 0 Å². The Balaban J connectivity index is 1.91. The quantitative estimate of drug-likeness (QED) is 0.789. The molecule has 19 heavy (non-hydrogen) atoms. The second-order valence-corrected chi connectivity index (χ2v) is 3.96. The Labute approximate surface area is 108 Å². The predicted octanol–water partition coefficient (Wildman–Crippen LogP) is 1.03. The van der Waals surface area contributed by atoms with Crippen LogP contribution in [0.1, 0.15) is 5.56 Å². The maximum absolute atomic E-state index is 11.5. The van der Waals surface area contributed by atoms with E-state index in [2.05, 4.69) is 4.74 Å². The fourth-order valence-corrected chi connectivity index (χ4v) is 1.57. The zero-order chi connectivity index (χ0) is 13.8. The van der Waals surface area contributed by atoms with E-state index in [1.54, 1.807) is 0 Å². The van der Waals surface area contributed by atoms with E-state index in [1.165, 1.54) is 0 Å². The summed E-state index contributed by atoms with van der Waals surface area (Å²) in [5.41, 5.74) is 0.902. The second kappa shape index (κ2) is 5.53. The van der Waals surface area contributed by atoms with Gasteiger partial charge in [-0.2, -0.15) is 0 Å². The maximum atomic E-state index is 11.5. The molecule has 1 unspecified atom stereocenters. The molecule has 6 nitrogen and oxygen atoms in total. The third-order valence-corrected chi connectivity index (χ3v) is 2.57. The van der Waals surface area contributed by atoms with Gasteiger partial charge in [0.2, 0.25) is 17.3 Å². The Bertz CT molecular complexity index is 519. The molecule has 0 saturated carbocycles. The second-order valence-electron chi connectivity index (χ2n) is 3.96. The maximum Gasteiger partial charge on any atom is 0.378 e. The zero-order valence-electron chi connectivity index (χ0n) is 9.91. The molecule has 0 aliphatic carbocycles. The Morgan fingerprint density at radius 3 is 2.47 bits per heavy atom. The van der Waals surface area contributed by atoms with Crippen LogP contribution in [-0.4, -0.2) is 34.7 Å². The predicted molar refractivity (Wildman–Crippen MR) is 63.3 cm³/mol. The number of cyclic esters (lactones) is 1. The van der Waals surface area contributed by atoms with Crippen molar-refractivity contribution in [2.24, 2.45) is 0 Å². The minimum atomic E-state index is -1.23. The van der Waals surface area contributed by atoms with E-state index >= 15 is 0 Å². The van der Waals surface area contributed by atoms with Crippen molar-refractivity contribution in [2.45, 2.75) is 12.7 Å². The van der Waals surface area contributed by atoms with Gasteiger partial charge in [-0.25, -0.2) is 4.79 Å². The molecule has 0 amide bonds. The molecule has 1 aliphatic heterocycles. The number of hydrogen-bond acceptors (Lipinski definition) is 6. The van der Waals surface area contributed by atoms with E-state index in [4.69, 9.17) is 9.84 Å². The van der Waals surface area contributed by atoms with Crippen LogP contribution in [0.2, 0.25) is 0 Å². The third-order valence-electron chi connectivity index (χ3n) is 2.57. The highest BCUT2D eigenvalue weighted by atomic mass is 16.6.